The second-order valence-corrected chi connectivity index (χ2v) is 4.40. The van der Waals surface area contributed by atoms with Crippen molar-refractivity contribution in [2.75, 3.05) is 11.9 Å². The van der Waals surface area contributed by atoms with Gasteiger partial charge in [-0.3, -0.25) is 0 Å². The van der Waals surface area contributed by atoms with Gasteiger partial charge in [0.25, 0.3) is 0 Å². The normalized spacial score (nSPS) is 9.95. The average molecular weight is 286 g/mol. The molecule has 108 valence electrons. The topological polar surface area (TPSA) is 65.3 Å². The van der Waals surface area contributed by atoms with Crippen molar-refractivity contribution < 1.29 is 14.2 Å². The summed E-state index contributed by atoms with van der Waals surface area (Å²) in [5.74, 6) is -0.0194. The summed E-state index contributed by atoms with van der Waals surface area (Å²) >= 11 is 0. The highest BCUT2D eigenvalue weighted by Crippen LogP contribution is 2.27. The molecule has 0 atom stereocenters. The summed E-state index contributed by atoms with van der Waals surface area (Å²) in [4.78, 5) is 0. The molecule has 0 aliphatic carbocycles. The van der Waals surface area contributed by atoms with E-state index in [2.05, 4.69) is 5.32 Å². The van der Waals surface area contributed by atoms with Crippen LogP contribution in [0.5, 0.6) is 11.5 Å². The number of anilines is 1. The van der Waals surface area contributed by atoms with Gasteiger partial charge >= 0.3 is 0 Å². The molecule has 2 aromatic rings. The molecular weight excluding hydrogens is 271 g/mol. The molecule has 0 aromatic heterocycles. The molecule has 4 nitrogen and oxygen atoms in total. The Morgan fingerprint density at radius 2 is 2.10 bits per heavy atom. The van der Waals surface area contributed by atoms with Crippen LogP contribution in [0.1, 0.15) is 18.1 Å². The third-order valence-corrected chi connectivity index (χ3v) is 2.91. The summed E-state index contributed by atoms with van der Waals surface area (Å²) in [6.45, 7) is 2.77. The Hall–Kier alpha value is -2.74. The van der Waals surface area contributed by atoms with Gasteiger partial charge in [0.05, 0.1) is 12.2 Å². The number of nitrogens with one attached hydrogen (secondary N) is 1. The van der Waals surface area contributed by atoms with Crippen LogP contribution in [-0.4, -0.2) is 11.7 Å². The number of nitriles is 1. The molecule has 5 heteroatoms. The lowest BCUT2D eigenvalue weighted by Gasteiger charge is -2.10. The molecule has 0 aliphatic rings. The van der Waals surface area contributed by atoms with Crippen LogP contribution in [0, 0.1) is 17.1 Å². The first-order chi connectivity index (χ1) is 10.1. The number of rotatable bonds is 5. The van der Waals surface area contributed by atoms with E-state index in [0.29, 0.717) is 24.6 Å². The van der Waals surface area contributed by atoms with Crippen molar-refractivity contribution in [3.8, 4) is 17.6 Å². The van der Waals surface area contributed by atoms with Gasteiger partial charge < -0.3 is 15.2 Å². The van der Waals surface area contributed by atoms with Crippen LogP contribution in [-0.2, 0) is 6.54 Å². The summed E-state index contributed by atoms with van der Waals surface area (Å²) in [5.41, 5.74) is 1.55. The maximum absolute atomic E-state index is 13.2. The zero-order valence-electron chi connectivity index (χ0n) is 11.6. The van der Waals surface area contributed by atoms with Crippen LogP contribution in [0.15, 0.2) is 36.4 Å². The van der Waals surface area contributed by atoms with Crippen molar-refractivity contribution in [1.82, 2.24) is 0 Å². The molecule has 0 bridgehead atoms. The fourth-order valence-corrected chi connectivity index (χ4v) is 1.86. The van der Waals surface area contributed by atoms with E-state index in [9.17, 15) is 9.50 Å². The van der Waals surface area contributed by atoms with Crippen LogP contribution in [0.25, 0.3) is 0 Å². The molecule has 21 heavy (non-hydrogen) atoms. The summed E-state index contributed by atoms with van der Waals surface area (Å²) in [7, 11) is 0. The van der Waals surface area contributed by atoms with Crippen LogP contribution in [0.4, 0.5) is 10.1 Å². The zero-order valence-corrected chi connectivity index (χ0v) is 11.6. The number of halogens is 1. The number of nitrogens with zero attached hydrogens (tertiary/aromatic N) is 1. The molecule has 0 saturated heterocycles. The largest absolute Gasteiger partial charge is 0.504 e. The maximum atomic E-state index is 13.2. The fourth-order valence-electron chi connectivity index (χ4n) is 1.86. The lowest BCUT2D eigenvalue weighted by molar-refractivity contribution is 0.318. The van der Waals surface area contributed by atoms with Crippen LogP contribution in [0.3, 0.4) is 0 Å². The number of phenols is 1. The van der Waals surface area contributed by atoms with E-state index in [1.807, 2.05) is 6.92 Å². The Morgan fingerprint density at radius 1 is 1.29 bits per heavy atom. The van der Waals surface area contributed by atoms with E-state index in [1.165, 1.54) is 12.1 Å². The maximum Gasteiger partial charge on any atom is 0.161 e. The SMILES string of the molecule is CCOc1cc(CNc2ccc(F)c(C#N)c2)ccc1O. The third kappa shape index (κ3) is 3.63. The fraction of sp³-hybridized carbons (Fsp3) is 0.188. The van der Waals surface area contributed by atoms with Crippen molar-refractivity contribution in [1.29, 1.82) is 5.26 Å². The first-order valence-corrected chi connectivity index (χ1v) is 6.52. The standard InChI is InChI=1S/C16H15FN2O2/c1-2-21-16-7-11(3-6-15(16)20)10-19-13-4-5-14(17)12(8-13)9-18/h3-8,19-20H,2,10H2,1H3. The van der Waals surface area contributed by atoms with Crippen LogP contribution >= 0.6 is 0 Å². The number of benzene rings is 2. The van der Waals surface area contributed by atoms with E-state index >= 15 is 0 Å². The number of aromatic hydroxyl groups is 1. The Labute approximate surface area is 122 Å². The molecule has 0 fully saturated rings. The highest BCUT2D eigenvalue weighted by atomic mass is 19.1. The monoisotopic (exact) mass is 286 g/mol. The van der Waals surface area contributed by atoms with Crippen molar-refractivity contribution in [2.45, 2.75) is 13.5 Å². The second-order valence-electron chi connectivity index (χ2n) is 4.40. The Balaban J connectivity index is 2.09. The minimum Gasteiger partial charge on any atom is -0.504 e. The summed E-state index contributed by atoms with van der Waals surface area (Å²) in [5, 5.41) is 21.5. The predicted molar refractivity (Wildman–Crippen MR) is 77.7 cm³/mol. The first kappa shape index (κ1) is 14.7. The minimum atomic E-state index is -0.536. The average Bonchev–Trinajstić information content (AvgIpc) is 2.49. The highest BCUT2D eigenvalue weighted by molar-refractivity contribution is 5.51. The first-order valence-electron chi connectivity index (χ1n) is 6.52. The van der Waals surface area contributed by atoms with E-state index in [-0.39, 0.29) is 11.3 Å². The van der Waals surface area contributed by atoms with Gasteiger partial charge in [-0.05, 0) is 42.8 Å². The van der Waals surface area contributed by atoms with Gasteiger partial charge in [-0.2, -0.15) is 5.26 Å². The third-order valence-electron chi connectivity index (χ3n) is 2.91. The quantitative estimate of drug-likeness (QED) is 0.884. The highest BCUT2D eigenvalue weighted by Gasteiger charge is 2.05. The van der Waals surface area contributed by atoms with Crippen LogP contribution < -0.4 is 10.1 Å². The minimum absolute atomic E-state index is 0.000659. The second kappa shape index (κ2) is 6.62. The van der Waals surface area contributed by atoms with Crippen molar-refractivity contribution >= 4 is 5.69 Å². The number of phenolic OH excluding ortho intramolecular Hbond substituents is 1. The van der Waals surface area contributed by atoms with E-state index in [1.54, 1.807) is 30.3 Å². The molecule has 0 spiro atoms. The van der Waals surface area contributed by atoms with Crippen LogP contribution in [0.2, 0.25) is 0 Å². The molecule has 0 radical (unpaired) electrons. The predicted octanol–water partition coefficient (Wildman–Crippen LogP) is 3.41. The van der Waals surface area contributed by atoms with Crippen molar-refractivity contribution in [3.63, 3.8) is 0 Å². The van der Waals surface area contributed by atoms with Gasteiger partial charge in [-0.15, -0.1) is 0 Å². The smallest absolute Gasteiger partial charge is 0.161 e. The lowest BCUT2D eigenvalue weighted by atomic mass is 10.1. The molecule has 0 saturated carbocycles. The zero-order chi connectivity index (χ0) is 15.2. The molecule has 0 amide bonds. The van der Waals surface area contributed by atoms with Gasteiger partial charge in [-0.25, -0.2) is 4.39 Å². The Morgan fingerprint density at radius 3 is 2.81 bits per heavy atom. The van der Waals surface area contributed by atoms with Gasteiger partial charge in [0.2, 0.25) is 0 Å². The summed E-state index contributed by atoms with van der Waals surface area (Å²) in [6, 6.07) is 11.1. The van der Waals surface area contributed by atoms with Gasteiger partial charge in [0.15, 0.2) is 11.5 Å². The van der Waals surface area contributed by atoms with E-state index in [0.717, 1.165) is 5.56 Å². The number of hydrogen-bond donors (Lipinski definition) is 2. The molecule has 0 heterocycles. The summed E-state index contributed by atoms with van der Waals surface area (Å²) < 4.78 is 18.5. The molecule has 0 aliphatic heterocycles. The van der Waals surface area contributed by atoms with Gasteiger partial charge in [0, 0.05) is 12.2 Å². The molecule has 0 unspecified atom stereocenters. The van der Waals surface area contributed by atoms with Crippen molar-refractivity contribution in [3.05, 3.63) is 53.3 Å². The van der Waals surface area contributed by atoms with E-state index < -0.39 is 5.82 Å². The Kier molecular flexibility index (Phi) is 4.62. The molecule has 2 N–H and O–H groups in total. The Bertz CT molecular complexity index is 680. The number of hydrogen-bond acceptors (Lipinski definition) is 4. The molecule has 2 aromatic carbocycles. The van der Waals surface area contributed by atoms with Crippen molar-refractivity contribution in [2.24, 2.45) is 0 Å². The van der Waals surface area contributed by atoms with Gasteiger partial charge in [0.1, 0.15) is 11.9 Å². The number of ether oxygens (including phenoxy) is 1. The lowest BCUT2D eigenvalue weighted by Crippen LogP contribution is -2.01. The van der Waals surface area contributed by atoms with Gasteiger partial charge in [-0.1, -0.05) is 6.07 Å². The summed E-state index contributed by atoms with van der Waals surface area (Å²) in [6.07, 6.45) is 0. The molecule has 2 rings (SSSR count). The molecular formula is C16H15FN2O2. The van der Waals surface area contributed by atoms with E-state index in [4.69, 9.17) is 10.00 Å².